The highest BCUT2D eigenvalue weighted by atomic mass is 32.2. The lowest BCUT2D eigenvalue weighted by Crippen LogP contribution is -2.33. The average Bonchev–Trinajstić information content (AvgIpc) is 2.87. The van der Waals surface area contributed by atoms with Crippen molar-refractivity contribution in [2.45, 2.75) is 37.8 Å². The predicted octanol–water partition coefficient (Wildman–Crippen LogP) is 3.58. The summed E-state index contributed by atoms with van der Waals surface area (Å²) in [5, 5.41) is -0.406. The second-order valence-electron chi connectivity index (χ2n) is 9.19. The number of ether oxygens (including phenoxy) is 3. The van der Waals surface area contributed by atoms with Crippen LogP contribution in [0.2, 0.25) is 0 Å². The summed E-state index contributed by atoms with van der Waals surface area (Å²) in [5.41, 5.74) is 6.20. The molecule has 4 rings (SSSR count). The zero-order valence-corrected chi connectivity index (χ0v) is 21.8. The van der Waals surface area contributed by atoms with E-state index in [9.17, 15) is 17.6 Å². The third-order valence-corrected chi connectivity index (χ3v) is 6.78. The van der Waals surface area contributed by atoms with E-state index >= 15 is 0 Å². The number of anilines is 1. The topological polar surface area (TPSA) is 143 Å². The van der Waals surface area contributed by atoms with E-state index in [0.717, 1.165) is 0 Å². The van der Waals surface area contributed by atoms with Gasteiger partial charge in [0.1, 0.15) is 29.1 Å². The van der Waals surface area contributed by atoms with Crippen LogP contribution >= 0.6 is 0 Å². The summed E-state index contributed by atoms with van der Waals surface area (Å²) in [6.45, 7) is 5.32. The predicted molar refractivity (Wildman–Crippen MR) is 138 cm³/mol. The molecule has 0 saturated carbocycles. The fourth-order valence-electron chi connectivity index (χ4n) is 3.68. The van der Waals surface area contributed by atoms with E-state index in [1.807, 2.05) is 18.6 Å². The minimum Gasteiger partial charge on any atom is -0.493 e. The van der Waals surface area contributed by atoms with Gasteiger partial charge in [-0.3, -0.25) is 4.79 Å². The highest BCUT2D eigenvalue weighted by molar-refractivity contribution is 7.90. The van der Waals surface area contributed by atoms with Crippen LogP contribution in [-0.2, 0) is 14.8 Å². The average molecular weight is 545 g/mol. The lowest BCUT2D eigenvalue weighted by atomic mass is 10.1. The van der Waals surface area contributed by atoms with Crippen LogP contribution in [0.1, 0.15) is 37.0 Å². The van der Waals surface area contributed by atoms with Crippen molar-refractivity contribution in [3.8, 4) is 22.9 Å². The molecule has 0 aliphatic carbocycles. The number of rotatable bonds is 9. The third-order valence-electron chi connectivity index (χ3n) is 5.55. The Labute approximate surface area is 220 Å². The van der Waals surface area contributed by atoms with Gasteiger partial charge in [-0.05, 0) is 42.3 Å². The highest BCUT2D eigenvalue weighted by Gasteiger charge is 2.26. The van der Waals surface area contributed by atoms with E-state index in [1.54, 1.807) is 6.07 Å². The molecule has 38 heavy (non-hydrogen) atoms. The molecule has 1 aromatic carbocycles. The van der Waals surface area contributed by atoms with Crippen molar-refractivity contribution in [3.05, 3.63) is 59.9 Å². The molecular formula is C26H29FN4O6S. The molecule has 0 unspecified atom stereocenters. The number of carbonyl (C=O) groups is 1. The number of hydrogen-bond acceptors (Lipinski definition) is 9. The zero-order valence-electron chi connectivity index (χ0n) is 21.0. The van der Waals surface area contributed by atoms with Gasteiger partial charge in [0, 0.05) is 24.5 Å². The monoisotopic (exact) mass is 544 g/mol. The number of sulfonamides is 1. The Morgan fingerprint density at radius 2 is 1.92 bits per heavy atom. The van der Waals surface area contributed by atoms with Gasteiger partial charge in [0.25, 0.3) is 15.9 Å². The second kappa shape index (κ2) is 11.7. The molecule has 202 valence electrons. The normalized spacial score (nSPS) is 14.3. The number of amides is 1. The number of nitrogens with one attached hydrogen (secondary N) is 1. The van der Waals surface area contributed by atoms with Crippen LogP contribution in [0.3, 0.4) is 0 Å². The number of benzene rings is 1. The minimum absolute atomic E-state index is 0.0123. The lowest BCUT2D eigenvalue weighted by Gasteiger charge is -2.24. The number of aromatic nitrogens is 2. The molecule has 0 bridgehead atoms. The van der Waals surface area contributed by atoms with Crippen molar-refractivity contribution in [3.63, 3.8) is 0 Å². The van der Waals surface area contributed by atoms with Gasteiger partial charge in [-0.15, -0.1) is 0 Å². The summed E-state index contributed by atoms with van der Waals surface area (Å²) in [5.74, 6) is -0.993. The van der Waals surface area contributed by atoms with Crippen LogP contribution < -0.4 is 19.9 Å². The van der Waals surface area contributed by atoms with E-state index in [4.69, 9.17) is 19.9 Å². The van der Waals surface area contributed by atoms with Gasteiger partial charge in [-0.1, -0.05) is 19.9 Å². The summed E-state index contributed by atoms with van der Waals surface area (Å²) in [6.07, 6.45) is 0.819. The van der Waals surface area contributed by atoms with Crippen LogP contribution in [0.25, 0.3) is 11.3 Å². The summed E-state index contributed by atoms with van der Waals surface area (Å²) in [4.78, 5) is 21.4. The van der Waals surface area contributed by atoms with Crippen molar-refractivity contribution >= 4 is 21.7 Å². The molecule has 0 radical (unpaired) electrons. The van der Waals surface area contributed by atoms with E-state index in [0.29, 0.717) is 49.7 Å². The molecule has 3 N–H and O–H groups in total. The maximum Gasteiger partial charge on any atom is 0.281 e. The summed E-state index contributed by atoms with van der Waals surface area (Å²) in [7, 11) is -4.33. The first-order valence-corrected chi connectivity index (χ1v) is 13.6. The molecule has 1 fully saturated rings. The van der Waals surface area contributed by atoms with Gasteiger partial charge < -0.3 is 19.9 Å². The summed E-state index contributed by atoms with van der Waals surface area (Å²) < 4.78 is 59.0. The summed E-state index contributed by atoms with van der Waals surface area (Å²) in [6, 6.07) is 11.1. The number of halogens is 1. The Hall–Kier alpha value is -3.77. The largest absolute Gasteiger partial charge is 0.493 e. The van der Waals surface area contributed by atoms with Crippen molar-refractivity contribution in [2.24, 2.45) is 5.92 Å². The van der Waals surface area contributed by atoms with Gasteiger partial charge in [-0.25, -0.2) is 19.1 Å². The van der Waals surface area contributed by atoms with Crippen LogP contribution in [0.15, 0.2) is 53.6 Å². The van der Waals surface area contributed by atoms with Crippen molar-refractivity contribution in [2.75, 3.05) is 25.6 Å². The quantitative estimate of drug-likeness (QED) is 0.413. The lowest BCUT2D eigenvalue weighted by molar-refractivity contribution is 0.0234. The SMILES string of the molecule is CC(C)COc1cc(F)cc(-c2ccc(C(=O)NS(=O)(=O)c3cccc(N)n3)c(OC3CCOCC3)n2)c1. The van der Waals surface area contributed by atoms with E-state index in [2.05, 4.69) is 9.97 Å². The van der Waals surface area contributed by atoms with Gasteiger partial charge in [0.15, 0.2) is 5.03 Å². The number of carbonyl (C=O) groups excluding carboxylic acids is 1. The third kappa shape index (κ3) is 6.95. The molecule has 1 aliphatic heterocycles. The Bertz CT molecular complexity index is 1410. The first-order valence-electron chi connectivity index (χ1n) is 12.1. The van der Waals surface area contributed by atoms with Gasteiger partial charge in [0.2, 0.25) is 5.88 Å². The molecule has 3 aromatic rings. The fraction of sp³-hybridized carbons (Fsp3) is 0.346. The maximum atomic E-state index is 14.4. The Morgan fingerprint density at radius 1 is 1.16 bits per heavy atom. The molecule has 1 aliphatic rings. The molecule has 12 heteroatoms. The molecular weight excluding hydrogens is 515 g/mol. The number of pyridine rings is 2. The number of nitrogens with two attached hydrogens (primary N) is 1. The van der Waals surface area contributed by atoms with E-state index in [1.165, 1.54) is 42.5 Å². The molecule has 0 spiro atoms. The maximum absolute atomic E-state index is 14.4. The van der Waals surface area contributed by atoms with Crippen molar-refractivity contribution in [1.29, 1.82) is 0 Å². The molecule has 0 atom stereocenters. The van der Waals surface area contributed by atoms with Crippen molar-refractivity contribution < 1.29 is 31.8 Å². The van der Waals surface area contributed by atoms with E-state index < -0.39 is 26.8 Å². The molecule has 1 amide bonds. The Kier molecular flexibility index (Phi) is 8.42. The van der Waals surface area contributed by atoms with Crippen LogP contribution in [0.4, 0.5) is 10.2 Å². The Balaban J connectivity index is 1.67. The Morgan fingerprint density at radius 3 is 2.63 bits per heavy atom. The molecule has 2 aromatic heterocycles. The minimum atomic E-state index is -4.33. The van der Waals surface area contributed by atoms with Crippen molar-refractivity contribution in [1.82, 2.24) is 14.7 Å². The molecule has 1 saturated heterocycles. The fourth-order valence-corrected chi connectivity index (χ4v) is 4.62. The van der Waals surface area contributed by atoms with E-state index in [-0.39, 0.29) is 29.3 Å². The van der Waals surface area contributed by atoms with Gasteiger partial charge in [-0.2, -0.15) is 8.42 Å². The number of hydrogen-bond donors (Lipinski definition) is 2. The van der Waals surface area contributed by atoms with Crippen LogP contribution in [0.5, 0.6) is 11.6 Å². The first kappa shape index (κ1) is 27.3. The number of nitrogens with zero attached hydrogens (tertiary/aromatic N) is 2. The van der Waals surface area contributed by atoms with Crippen LogP contribution in [0, 0.1) is 11.7 Å². The molecule has 3 heterocycles. The smallest absolute Gasteiger partial charge is 0.281 e. The zero-order chi connectivity index (χ0) is 27.3. The molecule has 10 nitrogen and oxygen atoms in total. The summed E-state index contributed by atoms with van der Waals surface area (Å²) >= 11 is 0. The number of nitrogen functional groups attached to an aromatic ring is 1. The first-order chi connectivity index (χ1) is 18.1. The van der Waals surface area contributed by atoms with Gasteiger partial charge >= 0.3 is 0 Å². The van der Waals surface area contributed by atoms with Crippen LogP contribution in [-0.4, -0.2) is 50.2 Å². The van der Waals surface area contributed by atoms with Gasteiger partial charge in [0.05, 0.1) is 25.5 Å². The second-order valence-corrected chi connectivity index (χ2v) is 10.8. The standard InChI is InChI=1S/C26H29FN4O6S/c1-16(2)15-36-20-13-17(12-18(27)14-20)22-7-6-21(26(29-22)37-19-8-10-35-11-9-19)25(32)31-38(33,34)24-5-3-4-23(28)30-24/h3-7,12-14,16,19H,8-11,15H2,1-2H3,(H2,28,30)(H,31,32). The highest BCUT2D eigenvalue weighted by Crippen LogP contribution is 2.29.